The monoisotopic (exact) mass is 377 g/mol. The molecule has 3 nitrogen and oxygen atoms in total. The van der Waals surface area contributed by atoms with Crippen molar-refractivity contribution in [2.24, 2.45) is 0 Å². The summed E-state index contributed by atoms with van der Waals surface area (Å²) in [6.07, 6.45) is 0. The Balaban J connectivity index is 5.38. The van der Waals surface area contributed by atoms with E-state index in [-0.39, 0.29) is 0 Å². The molecule has 0 N–H and O–H groups in total. The third-order valence-electron chi connectivity index (χ3n) is 3.30. The summed E-state index contributed by atoms with van der Waals surface area (Å²) < 4.78 is 8.03. The van der Waals surface area contributed by atoms with Crippen molar-refractivity contribution in [3.63, 3.8) is 0 Å². The van der Waals surface area contributed by atoms with Gasteiger partial charge in [-0.05, 0) is 0 Å². The zero-order valence-electron chi connectivity index (χ0n) is 12.4. The van der Waals surface area contributed by atoms with E-state index in [1.54, 1.807) is 0 Å². The average molecular weight is 375 g/mol. The maximum absolute atomic E-state index is 2.68. The normalized spacial score (nSPS) is 13.0. The second-order valence-corrected chi connectivity index (χ2v) is 10.8. The van der Waals surface area contributed by atoms with Crippen molar-refractivity contribution in [1.82, 2.24) is 14.0 Å². The first kappa shape index (κ1) is 18.1. The Bertz CT molecular complexity index is 198. The third kappa shape index (κ3) is 4.03. The Morgan fingerprint density at radius 2 is 0.765 bits per heavy atom. The van der Waals surface area contributed by atoms with Crippen LogP contribution in [0.4, 0.5) is 0 Å². The molecule has 0 unspecified atom stereocenters. The van der Waals surface area contributed by atoms with Gasteiger partial charge in [0.05, 0.1) is 0 Å². The molecular formula is C12H30N3PTe. The quantitative estimate of drug-likeness (QED) is 0.454. The summed E-state index contributed by atoms with van der Waals surface area (Å²) in [4.78, 5) is -1.29. The fourth-order valence-electron chi connectivity index (χ4n) is 2.31. The van der Waals surface area contributed by atoms with Crippen LogP contribution >= 0.6 is 4.94 Å². The van der Waals surface area contributed by atoms with Crippen LogP contribution in [0.1, 0.15) is 41.5 Å². The molecule has 0 radical (unpaired) electrons. The van der Waals surface area contributed by atoms with Gasteiger partial charge in [0.15, 0.2) is 0 Å². The summed E-state index contributed by atoms with van der Waals surface area (Å²) in [5.74, 6) is 0. The van der Waals surface area contributed by atoms with Crippen LogP contribution in [-0.2, 0) is 0 Å². The van der Waals surface area contributed by atoms with Crippen molar-refractivity contribution in [2.45, 2.75) is 41.5 Å². The fourth-order valence-corrected chi connectivity index (χ4v) is 11.5. The van der Waals surface area contributed by atoms with Crippen molar-refractivity contribution in [1.29, 1.82) is 0 Å². The van der Waals surface area contributed by atoms with Crippen LogP contribution in [-0.4, -0.2) is 74.5 Å². The van der Waals surface area contributed by atoms with Crippen LogP contribution < -0.4 is 0 Å². The summed E-state index contributed by atoms with van der Waals surface area (Å²) in [6.45, 7) is 20.6. The molecule has 0 aromatic carbocycles. The third-order valence-corrected chi connectivity index (χ3v) is 13.1. The van der Waals surface area contributed by atoms with E-state index in [4.69, 9.17) is 0 Å². The number of rotatable bonds is 9. The molecule has 0 aromatic heterocycles. The van der Waals surface area contributed by atoms with Gasteiger partial charge in [0.2, 0.25) is 0 Å². The minimum absolute atomic E-state index is 1.15. The molecular weight excluding hydrogens is 345 g/mol. The van der Waals surface area contributed by atoms with Gasteiger partial charge in [-0.15, -0.1) is 0 Å². The predicted molar refractivity (Wildman–Crippen MR) is 81.4 cm³/mol. The molecule has 0 saturated carbocycles. The summed E-state index contributed by atoms with van der Waals surface area (Å²) in [7, 11) is 0. The number of hydrogen-bond acceptors (Lipinski definition) is 3. The second kappa shape index (κ2) is 9.08. The van der Waals surface area contributed by atoms with Crippen molar-refractivity contribution >= 4 is 26.2 Å². The molecule has 0 spiro atoms. The summed E-state index contributed by atoms with van der Waals surface area (Å²) in [6, 6.07) is 0. The first-order valence-corrected chi connectivity index (χ1v) is 11.6. The van der Waals surface area contributed by atoms with Gasteiger partial charge in [0.1, 0.15) is 0 Å². The van der Waals surface area contributed by atoms with Crippen molar-refractivity contribution in [3.8, 4) is 0 Å². The van der Waals surface area contributed by atoms with Crippen LogP contribution in [0, 0.1) is 0 Å². The van der Waals surface area contributed by atoms with E-state index < -0.39 is 4.94 Å². The molecule has 0 heterocycles. The Morgan fingerprint density at radius 1 is 0.588 bits per heavy atom. The first-order chi connectivity index (χ1) is 8.06. The van der Waals surface area contributed by atoms with E-state index in [1.807, 2.05) is 0 Å². The van der Waals surface area contributed by atoms with Crippen LogP contribution in [0.5, 0.6) is 0 Å². The van der Waals surface area contributed by atoms with Crippen molar-refractivity contribution in [3.05, 3.63) is 0 Å². The van der Waals surface area contributed by atoms with Crippen molar-refractivity contribution in [2.75, 3.05) is 39.3 Å². The molecule has 0 amide bonds. The van der Waals surface area contributed by atoms with Crippen LogP contribution in [0.15, 0.2) is 0 Å². The molecule has 0 saturated heterocycles. The second-order valence-electron chi connectivity index (χ2n) is 3.93. The maximum atomic E-state index is 2.68. The molecule has 0 rings (SSSR count). The molecule has 17 heavy (non-hydrogen) atoms. The SMILES string of the molecule is CCN(CC)P(=[Te])(N(CC)CC)N(CC)CC. The van der Waals surface area contributed by atoms with Crippen LogP contribution in [0.3, 0.4) is 0 Å². The van der Waals surface area contributed by atoms with Crippen LogP contribution in [0.2, 0.25) is 0 Å². The van der Waals surface area contributed by atoms with Gasteiger partial charge in [0, 0.05) is 0 Å². The predicted octanol–water partition coefficient (Wildman–Crippen LogP) is 2.86. The molecule has 5 heteroatoms. The topological polar surface area (TPSA) is 9.72 Å². The molecule has 0 aromatic rings. The first-order valence-electron chi connectivity index (χ1n) is 6.92. The molecule has 104 valence electrons. The van der Waals surface area contributed by atoms with E-state index in [0.29, 0.717) is 0 Å². The van der Waals surface area contributed by atoms with Gasteiger partial charge < -0.3 is 0 Å². The van der Waals surface area contributed by atoms with Gasteiger partial charge in [-0.25, -0.2) is 0 Å². The van der Waals surface area contributed by atoms with E-state index in [1.165, 1.54) is 0 Å². The van der Waals surface area contributed by atoms with Gasteiger partial charge in [-0.3, -0.25) is 0 Å². The summed E-state index contributed by atoms with van der Waals surface area (Å²) in [5, 5.41) is 0. The van der Waals surface area contributed by atoms with E-state index >= 15 is 0 Å². The standard InChI is InChI=1S/C12H30N3PTe/c1-7-13(8-2)16(17,14(9-3)10-4)15(11-5)12-6/h7-12H2,1-6H3. The van der Waals surface area contributed by atoms with Gasteiger partial charge in [-0.2, -0.15) is 0 Å². The van der Waals surface area contributed by atoms with Gasteiger partial charge >= 0.3 is 121 Å². The molecule has 0 aliphatic rings. The Kier molecular flexibility index (Phi) is 9.66. The number of nitrogens with zero attached hydrogens (tertiary/aromatic N) is 3. The van der Waals surface area contributed by atoms with E-state index in [9.17, 15) is 0 Å². The summed E-state index contributed by atoms with van der Waals surface area (Å²) >= 11 is 2.40. The zero-order chi connectivity index (χ0) is 13.5. The summed E-state index contributed by atoms with van der Waals surface area (Å²) in [5.41, 5.74) is 0. The molecule has 0 aliphatic heterocycles. The van der Waals surface area contributed by atoms with E-state index in [2.05, 4.69) is 76.8 Å². The van der Waals surface area contributed by atoms with E-state index in [0.717, 1.165) is 39.3 Å². The molecule has 0 fully saturated rings. The molecule has 0 atom stereocenters. The van der Waals surface area contributed by atoms with Gasteiger partial charge in [0.25, 0.3) is 0 Å². The Morgan fingerprint density at radius 3 is 0.882 bits per heavy atom. The number of hydrogen-bond donors (Lipinski definition) is 0. The van der Waals surface area contributed by atoms with Crippen molar-refractivity contribution < 1.29 is 0 Å². The Hall–Kier alpha value is 1.10. The molecule has 0 aliphatic carbocycles. The fraction of sp³-hybridized carbons (Fsp3) is 1.00. The molecule has 0 bridgehead atoms. The zero-order valence-corrected chi connectivity index (χ0v) is 15.7. The Labute approximate surface area is 121 Å². The van der Waals surface area contributed by atoms with Gasteiger partial charge in [-0.1, -0.05) is 0 Å². The van der Waals surface area contributed by atoms with Crippen LogP contribution in [0.25, 0.3) is 0 Å². The average Bonchev–Trinajstić information content (AvgIpc) is 2.33. The minimum atomic E-state index is -1.29.